The topological polar surface area (TPSA) is 81.7 Å². The molecule has 23 heavy (non-hydrogen) atoms. The maximum Gasteiger partial charge on any atom is 0.319 e. The maximum absolute atomic E-state index is 12.6. The number of carbonyl (C=O) groups is 2. The minimum atomic E-state index is -0.646. The Labute approximate surface area is 143 Å². The number of urea groups is 1. The van der Waals surface area contributed by atoms with E-state index in [-0.39, 0.29) is 25.0 Å². The van der Waals surface area contributed by atoms with Crippen LogP contribution in [0, 0.1) is 0 Å². The molecule has 3 N–H and O–H groups in total. The third-order valence-electron chi connectivity index (χ3n) is 3.78. The van der Waals surface area contributed by atoms with E-state index in [0.29, 0.717) is 26.9 Å². The fourth-order valence-corrected chi connectivity index (χ4v) is 3.14. The Balaban J connectivity index is 1.97. The molecule has 3 rings (SSSR count). The number of rotatable bonds is 3. The van der Waals surface area contributed by atoms with Gasteiger partial charge in [-0.2, -0.15) is 0 Å². The first-order valence-corrected chi connectivity index (χ1v) is 7.85. The van der Waals surface area contributed by atoms with Gasteiger partial charge in [0.1, 0.15) is 0 Å². The summed E-state index contributed by atoms with van der Waals surface area (Å²) in [5, 5.41) is 15.7. The van der Waals surface area contributed by atoms with Crippen LogP contribution in [0.15, 0.2) is 29.5 Å². The van der Waals surface area contributed by atoms with Crippen molar-refractivity contribution in [3.63, 3.8) is 0 Å². The summed E-state index contributed by atoms with van der Waals surface area (Å²) in [6.45, 7) is 2.08. The van der Waals surface area contributed by atoms with Gasteiger partial charge in [-0.1, -0.05) is 29.3 Å². The quantitative estimate of drug-likeness (QED) is 0.773. The molecule has 0 aromatic heterocycles. The van der Waals surface area contributed by atoms with E-state index in [1.54, 1.807) is 25.1 Å². The number of nitrogens with zero attached hydrogens (tertiary/aromatic N) is 1. The molecule has 1 aromatic carbocycles. The van der Waals surface area contributed by atoms with Gasteiger partial charge in [0.2, 0.25) is 0 Å². The number of carbonyl (C=O) groups excluding carboxylic acids is 2. The van der Waals surface area contributed by atoms with E-state index in [9.17, 15) is 14.7 Å². The van der Waals surface area contributed by atoms with Crippen LogP contribution in [0.25, 0.3) is 0 Å². The highest BCUT2D eigenvalue weighted by Crippen LogP contribution is 2.34. The van der Waals surface area contributed by atoms with Crippen LogP contribution in [0.3, 0.4) is 0 Å². The van der Waals surface area contributed by atoms with E-state index in [0.717, 1.165) is 0 Å². The number of hydrogen-bond acceptors (Lipinski definition) is 3. The zero-order valence-corrected chi connectivity index (χ0v) is 13.8. The number of amides is 3. The molecule has 2 atom stereocenters. The van der Waals surface area contributed by atoms with Crippen LogP contribution in [0.2, 0.25) is 10.0 Å². The van der Waals surface area contributed by atoms with Crippen molar-refractivity contribution in [2.45, 2.75) is 19.1 Å². The highest BCUT2D eigenvalue weighted by molar-refractivity contribution is 6.42. The van der Waals surface area contributed by atoms with Crippen LogP contribution in [-0.4, -0.2) is 41.1 Å². The average Bonchev–Trinajstić information content (AvgIpc) is 2.76. The van der Waals surface area contributed by atoms with E-state index in [2.05, 4.69) is 10.6 Å². The van der Waals surface area contributed by atoms with Gasteiger partial charge in [-0.05, 0) is 24.6 Å². The molecule has 0 fully saturated rings. The maximum atomic E-state index is 12.6. The van der Waals surface area contributed by atoms with E-state index in [1.165, 1.54) is 4.90 Å². The predicted octanol–water partition coefficient (Wildman–Crippen LogP) is 1.82. The minimum Gasteiger partial charge on any atom is -0.392 e. The van der Waals surface area contributed by atoms with Crippen molar-refractivity contribution in [1.29, 1.82) is 0 Å². The van der Waals surface area contributed by atoms with Gasteiger partial charge >= 0.3 is 6.03 Å². The number of hydrogen-bond donors (Lipinski definition) is 3. The van der Waals surface area contributed by atoms with Crippen LogP contribution in [0.1, 0.15) is 18.5 Å². The third kappa shape index (κ3) is 3.02. The first-order chi connectivity index (χ1) is 10.9. The summed E-state index contributed by atoms with van der Waals surface area (Å²) in [7, 11) is 0. The summed E-state index contributed by atoms with van der Waals surface area (Å²) in [6.07, 6.45) is -0.646. The summed E-state index contributed by atoms with van der Waals surface area (Å²) in [4.78, 5) is 26.0. The van der Waals surface area contributed by atoms with Crippen molar-refractivity contribution in [2.75, 3.05) is 13.1 Å². The van der Waals surface area contributed by atoms with Crippen molar-refractivity contribution in [3.8, 4) is 0 Å². The molecule has 2 aliphatic rings. The van der Waals surface area contributed by atoms with Crippen LogP contribution in [-0.2, 0) is 4.79 Å². The van der Waals surface area contributed by atoms with Crippen molar-refractivity contribution < 1.29 is 14.7 Å². The normalized spacial score (nSPS) is 21.9. The Hall–Kier alpha value is -1.76. The molecule has 122 valence electrons. The molecule has 0 spiro atoms. The second kappa shape index (κ2) is 6.03. The summed E-state index contributed by atoms with van der Waals surface area (Å²) < 4.78 is 0. The molecular formula is C15H15Cl2N3O3. The molecule has 3 amide bonds. The molecule has 0 saturated heterocycles. The summed E-state index contributed by atoms with van der Waals surface area (Å²) in [6, 6.07) is 4.00. The van der Waals surface area contributed by atoms with Crippen LogP contribution < -0.4 is 10.6 Å². The fourth-order valence-electron chi connectivity index (χ4n) is 2.84. The van der Waals surface area contributed by atoms with Crippen molar-refractivity contribution in [3.05, 3.63) is 45.1 Å². The number of benzene rings is 1. The second-order valence-electron chi connectivity index (χ2n) is 5.63. The van der Waals surface area contributed by atoms with Crippen molar-refractivity contribution in [2.24, 2.45) is 0 Å². The lowest BCUT2D eigenvalue weighted by molar-refractivity contribution is -0.126. The van der Waals surface area contributed by atoms with Crippen LogP contribution in [0.5, 0.6) is 0 Å². The molecule has 8 heteroatoms. The van der Waals surface area contributed by atoms with E-state index in [1.807, 2.05) is 0 Å². The number of halogens is 2. The summed E-state index contributed by atoms with van der Waals surface area (Å²) in [5.41, 5.74) is 1.69. The highest BCUT2D eigenvalue weighted by Gasteiger charge is 2.40. The van der Waals surface area contributed by atoms with Gasteiger partial charge in [0, 0.05) is 6.54 Å². The smallest absolute Gasteiger partial charge is 0.319 e. The lowest BCUT2D eigenvalue weighted by Gasteiger charge is -2.25. The Kier molecular flexibility index (Phi) is 4.23. The van der Waals surface area contributed by atoms with Gasteiger partial charge < -0.3 is 20.6 Å². The van der Waals surface area contributed by atoms with E-state index < -0.39 is 12.1 Å². The zero-order valence-electron chi connectivity index (χ0n) is 12.3. The molecule has 6 nitrogen and oxygen atoms in total. The number of β-amino-alcohol motifs (C(OH)–C–C–N with tert-alkyl or cyclic N) is 1. The number of aliphatic hydroxyl groups is 1. The standard InChI is InChI=1S/C15H15Cl2N3O3/c1-7(21)5-20-6-11-12(14(20)22)13(19-15(23)18-11)8-2-3-9(16)10(17)4-8/h2-4,7,13,21H,5-6H2,1H3,(H2,18,19,23)/t7-,13+/m1/s1. The van der Waals surface area contributed by atoms with E-state index >= 15 is 0 Å². The molecule has 0 saturated carbocycles. The first-order valence-electron chi connectivity index (χ1n) is 7.09. The minimum absolute atomic E-state index is 0.204. The molecule has 2 aliphatic heterocycles. The van der Waals surface area contributed by atoms with Gasteiger partial charge in [0.15, 0.2) is 0 Å². The van der Waals surface area contributed by atoms with Crippen LogP contribution in [0.4, 0.5) is 4.79 Å². The molecule has 0 aliphatic carbocycles. The SMILES string of the molecule is C[C@@H](O)CN1CC2=C(C1=O)[C@H](c1ccc(Cl)c(Cl)c1)NC(=O)N2. The number of aliphatic hydroxyl groups excluding tert-OH is 1. The molecule has 0 bridgehead atoms. The highest BCUT2D eigenvalue weighted by atomic mass is 35.5. The van der Waals surface area contributed by atoms with Crippen molar-refractivity contribution in [1.82, 2.24) is 15.5 Å². The Bertz CT molecular complexity index is 718. The first kappa shape index (κ1) is 16.1. The third-order valence-corrected chi connectivity index (χ3v) is 4.52. The summed E-state index contributed by atoms with van der Waals surface area (Å²) >= 11 is 12.0. The average molecular weight is 356 g/mol. The van der Waals surface area contributed by atoms with Crippen molar-refractivity contribution >= 4 is 35.1 Å². The molecule has 2 heterocycles. The van der Waals surface area contributed by atoms with Crippen LogP contribution >= 0.6 is 23.2 Å². The Morgan fingerprint density at radius 3 is 2.74 bits per heavy atom. The van der Waals surface area contributed by atoms with Gasteiger partial charge in [0.25, 0.3) is 5.91 Å². The van der Waals surface area contributed by atoms with E-state index in [4.69, 9.17) is 23.2 Å². The second-order valence-corrected chi connectivity index (χ2v) is 6.45. The molecule has 0 unspecified atom stereocenters. The zero-order chi connectivity index (χ0) is 16.7. The largest absolute Gasteiger partial charge is 0.392 e. The molecule has 0 radical (unpaired) electrons. The molecular weight excluding hydrogens is 341 g/mol. The summed E-state index contributed by atoms with van der Waals surface area (Å²) in [5.74, 6) is -0.218. The predicted molar refractivity (Wildman–Crippen MR) is 86.2 cm³/mol. The molecule has 1 aromatic rings. The number of nitrogens with one attached hydrogen (secondary N) is 2. The van der Waals surface area contributed by atoms with Gasteiger partial charge in [-0.15, -0.1) is 0 Å². The van der Waals surface area contributed by atoms with Gasteiger partial charge in [-0.3, -0.25) is 4.79 Å². The fraction of sp³-hybridized carbons (Fsp3) is 0.333. The van der Waals surface area contributed by atoms with Gasteiger partial charge in [0.05, 0.1) is 40.0 Å². The lowest BCUT2D eigenvalue weighted by atomic mass is 9.96. The lowest BCUT2D eigenvalue weighted by Crippen LogP contribution is -2.44. The Morgan fingerprint density at radius 1 is 1.35 bits per heavy atom. The van der Waals surface area contributed by atoms with Gasteiger partial charge in [-0.25, -0.2) is 4.79 Å². The monoisotopic (exact) mass is 355 g/mol. The Morgan fingerprint density at radius 2 is 2.09 bits per heavy atom.